The van der Waals surface area contributed by atoms with Crippen LogP contribution in [-0.2, 0) is 22.4 Å². The van der Waals surface area contributed by atoms with Crippen molar-refractivity contribution in [1.29, 1.82) is 0 Å². The molecule has 3 heterocycles. The molecule has 2 fully saturated rings. The number of anilines is 2. The van der Waals surface area contributed by atoms with Crippen LogP contribution in [0.2, 0.25) is 0 Å². The normalized spacial score (nSPS) is 19.9. The molecule has 0 aliphatic carbocycles. The molecule has 160 valence electrons. The molecule has 4 rings (SSSR count). The summed E-state index contributed by atoms with van der Waals surface area (Å²) in [5.74, 6) is 2.32. The maximum absolute atomic E-state index is 11.4. The van der Waals surface area contributed by atoms with Gasteiger partial charge in [-0.2, -0.15) is 0 Å². The number of aliphatic hydroxyl groups is 1. The van der Waals surface area contributed by atoms with Gasteiger partial charge < -0.3 is 19.6 Å². The van der Waals surface area contributed by atoms with Gasteiger partial charge in [-0.1, -0.05) is 24.3 Å². The van der Waals surface area contributed by atoms with Crippen LogP contribution in [0.1, 0.15) is 30.4 Å². The maximum atomic E-state index is 11.4. The Morgan fingerprint density at radius 2 is 1.67 bits per heavy atom. The zero-order valence-corrected chi connectivity index (χ0v) is 17.5. The number of methoxy groups -OCH3 is 1. The third kappa shape index (κ3) is 5.08. The number of ether oxygens (including phenoxy) is 1. The first-order valence-corrected chi connectivity index (χ1v) is 10.8. The first kappa shape index (κ1) is 20.6. The Morgan fingerprint density at radius 3 is 2.37 bits per heavy atom. The highest BCUT2D eigenvalue weighted by Crippen LogP contribution is 2.27. The van der Waals surface area contributed by atoms with Crippen LogP contribution < -0.4 is 9.80 Å². The van der Waals surface area contributed by atoms with Crippen LogP contribution >= 0.6 is 0 Å². The van der Waals surface area contributed by atoms with Crippen LogP contribution in [0, 0.1) is 5.92 Å². The van der Waals surface area contributed by atoms with E-state index in [2.05, 4.69) is 38.0 Å². The van der Waals surface area contributed by atoms with Gasteiger partial charge in [-0.05, 0) is 42.7 Å². The lowest BCUT2D eigenvalue weighted by Crippen LogP contribution is -2.36. The van der Waals surface area contributed by atoms with E-state index in [9.17, 15) is 9.90 Å². The van der Waals surface area contributed by atoms with Crippen LogP contribution in [0.4, 0.5) is 11.6 Å². The van der Waals surface area contributed by atoms with Crippen molar-refractivity contribution in [1.82, 2.24) is 9.97 Å². The zero-order valence-electron chi connectivity index (χ0n) is 17.5. The summed E-state index contributed by atoms with van der Waals surface area (Å²) in [6, 6.07) is 10.4. The number of hydrogen-bond donors (Lipinski definition) is 1. The van der Waals surface area contributed by atoms with E-state index < -0.39 is 0 Å². The van der Waals surface area contributed by atoms with Crippen LogP contribution in [0.3, 0.4) is 0 Å². The van der Waals surface area contributed by atoms with Crippen LogP contribution in [0.5, 0.6) is 0 Å². The van der Waals surface area contributed by atoms with Crippen molar-refractivity contribution in [2.75, 3.05) is 43.1 Å². The minimum atomic E-state index is -0.209. The Labute approximate surface area is 177 Å². The number of aliphatic hydroxyl groups excluding tert-OH is 1. The second-order valence-electron chi connectivity index (χ2n) is 8.33. The van der Waals surface area contributed by atoms with Gasteiger partial charge in [0.2, 0.25) is 0 Å². The lowest BCUT2D eigenvalue weighted by Gasteiger charge is -2.31. The first-order chi connectivity index (χ1) is 14.6. The lowest BCUT2D eigenvalue weighted by atomic mass is 9.97. The average molecular weight is 411 g/mol. The van der Waals surface area contributed by atoms with E-state index >= 15 is 0 Å². The minimum Gasteiger partial charge on any atom is -0.469 e. The van der Waals surface area contributed by atoms with E-state index in [4.69, 9.17) is 4.74 Å². The fraction of sp³-hybridized carbons (Fsp3) is 0.522. The fourth-order valence-corrected chi connectivity index (χ4v) is 4.35. The number of benzene rings is 1. The number of carbonyl (C=O) groups excluding carboxylic acids is 1. The molecule has 0 saturated carbocycles. The van der Waals surface area contributed by atoms with E-state index in [1.54, 1.807) is 6.33 Å². The Bertz CT molecular complexity index is 850. The summed E-state index contributed by atoms with van der Waals surface area (Å²) >= 11 is 0. The fourth-order valence-electron chi connectivity index (χ4n) is 4.35. The molecule has 1 aromatic carbocycles. The van der Waals surface area contributed by atoms with Crippen molar-refractivity contribution in [2.24, 2.45) is 5.92 Å². The van der Waals surface area contributed by atoms with Crippen LogP contribution in [0.15, 0.2) is 36.7 Å². The molecular formula is C23H30N4O3. The summed E-state index contributed by atoms with van der Waals surface area (Å²) in [7, 11) is 1.42. The Balaban J connectivity index is 1.33. The van der Waals surface area contributed by atoms with Crippen molar-refractivity contribution in [2.45, 2.75) is 38.2 Å². The van der Waals surface area contributed by atoms with Gasteiger partial charge in [0.1, 0.15) is 18.0 Å². The van der Waals surface area contributed by atoms with E-state index in [1.165, 1.54) is 12.7 Å². The monoisotopic (exact) mass is 410 g/mol. The SMILES string of the molecule is COC(=O)Cc1ccc(CC2CCN(c3cc(N4CCC(O)CC4)ncn3)C2)cc1. The summed E-state index contributed by atoms with van der Waals surface area (Å²) < 4.78 is 4.73. The number of rotatable bonds is 6. The first-order valence-electron chi connectivity index (χ1n) is 10.8. The van der Waals surface area contributed by atoms with E-state index in [-0.39, 0.29) is 12.1 Å². The molecule has 2 aliphatic rings. The number of aromatic nitrogens is 2. The Kier molecular flexibility index (Phi) is 6.47. The largest absolute Gasteiger partial charge is 0.469 e. The third-order valence-electron chi connectivity index (χ3n) is 6.16. The summed E-state index contributed by atoms with van der Waals surface area (Å²) in [4.78, 5) is 25.0. The summed E-state index contributed by atoms with van der Waals surface area (Å²) in [6.45, 7) is 3.66. The molecule has 1 unspecified atom stereocenters. The summed E-state index contributed by atoms with van der Waals surface area (Å²) in [5, 5.41) is 9.73. The van der Waals surface area contributed by atoms with Gasteiger partial charge in [-0.3, -0.25) is 4.79 Å². The lowest BCUT2D eigenvalue weighted by molar-refractivity contribution is -0.139. The van der Waals surface area contributed by atoms with Gasteiger partial charge in [-0.15, -0.1) is 0 Å². The molecular weight excluding hydrogens is 380 g/mol. The van der Waals surface area contributed by atoms with Gasteiger partial charge in [0.15, 0.2) is 0 Å². The number of piperidine rings is 1. The molecule has 30 heavy (non-hydrogen) atoms. The molecule has 0 spiro atoms. The second kappa shape index (κ2) is 9.43. The quantitative estimate of drug-likeness (QED) is 0.732. The summed E-state index contributed by atoms with van der Waals surface area (Å²) in [6.07, 6.45) is 5.54. The molecule has 1 N–H and O–H groups in total. The van der Waals surface area contributed by atoms with E-state index in [1.807, 2.05) is 12.1 Å². The zero-order chi connectivity index (χ0) is 20.9. The maximum Gasteiger partial charge on any atom is 0.309 e. The molecule has 0 radical (unpaired) electrons. The molecule has 1 aromatic heterocycles. The molecule has 7 heteroatoms. The van der Waals surface area contributed by atoms with Gasteiger partial charge in [0, 0.05) is 32.2 Å². The van der Waals surface area contributed by atoms with Crippen molar-refractivity contribution in [3.8, 4) is 0 Å². The number of nitrogens with zero attached hydrogens (tertiary/aromatic N) is 4. The van der Waals surface area contributed by atoms with Gasteiger partial charge in [0.25, 0.3) is 0 Å². The molecule has 7 nitrogen and oxygen atoms in total. The van der Waals surface area contributed by atoms with Crippen molar-refractivity contribution >= 4 is 17.6 Å². The minimum absolute atomic E-state index is 0.184. The second-order valence-corrected chi connectivity index (χ2v) is 8.33. The van der Waals surface area contributed by atoms with Gasteiger partial charge in [0.05, 0.1) is 19.6 Å². The highest BCUT2D eigenvalue weighted by molar-refractivity contribution is 5.72. The van der Waals surface area contributed by atoms with Crippen LogP contribution in [-0.4, -0.2) is 60.4 Å². The molecule has 0 bridgehead atoms. The highest BCUT2D eigenvalue weighted by Gasteiger charge is 2.25. The van der Waals surface area contributed by atoms with Gasteiger partial charge in [-0.25, -0.2) is 9.97 Å². The van der Waals surface area contributed by atoms with Crippen molar-refractivity contribution in [3.63, 3.8) is 0 Å². The Hall–Kier alpha value is -2.67. The topological polar surface area (TPSA) is 78.8 Å². The smallest absolute Gasteiger partial charge is 0.309 e. The van der Waals surface area contributed by atoms with E-state index in [0.29, 0.717) is 12.3 Å². The Morgan fingerprint density at radius 1 is 1.03 bits per heavy atom. The molecule has 2 aromatic rings. The van der Waals surface area contributed by atoms with Crippen molar-refractivity contribution < 1.29 is 14.6 Å². The number of hydrogen-bond acceptors (Lipinski definition) is 7. The predicted octanol–water partition coefficient (Wildman–Crippen LogP) is 2.22. The standard InChI is InChI=1S/C23H30N4O3/c1-30-23(29)13-18-4-2-17(3-5-18)12-19-6-9-27(15-19)22-14-21(24-16-25-22)26-10-7-20(28)8-11-26/h2-5,14,16,19-20,28H,6-13,15H2,1H3. The van der Waals surface area contributed by atoms with Crippen molar-refractivity contribution in [3.05, 3.63) is 47.8 Å². The summed E-state index contributed by atoms with van der Waals surface area (Å²) in [5.41, 5.74) is 2.28. The molecule has 2 saturated heterocycles. The number of esters is 1. The third-order valence-corrected chi connectivity index (χ3v) is 6.16. The molecule has 2 aliphatic heterocycles. The number of carbonyl (C=O) groups is 1. The van der Waals surface area contributed by atoms with E-state index in [0.717, 1.165) is 69.1 Å². The predicted molar refractivity (Wildman–Crippen MR) is 116 cm³/mol. The molecule has 1 atom stereocenters. The average Bonchev–Trinajstić information content (AvgIpc) is 3.24. The van der Waals surface area contributed by atoms with Gasteiger partial charge >= 0.3 is 5.97 Å². The molecule has 0 amide bonds. The highest BCUT2D eigenvalue weighted by atomic mass is 16.5. The van der Waals surface area contributed by atoms with Crippen LogP contribution in [0.25, 0.3) is 0 Å².